The molecule has 0 aromatic carbocycles. The van der Waals surface area contributed by atoms with Gasteiger partial charge in [0.1, 0.15) is 12.2 Å². The van der Waals surface area contributed by atoms with E-state index in [1.54, 1.807) is 0 Å². The first-order valence-electron chi connectivity index (χ1n) is 4.23. The molecule has 0 bridgehead atoms. The fourth-order valence-electron chi connectivity index (χ4n) is 0.872. The molecule has 0 radical (unpaired) electrons. The van der Waals surface area contributed by atoms with Crippen LogP contribution < -0.4 is 5.32 Å². The Morgan fingerprint density at radius 2 is 2.19 bits per heavy atom. The molecule has 0 spiro atoms. The van der Waals surface area contributed by atoms with E-state index in [0.29, 0.717) is 0 Å². The van der Waals surface area contributed by atoms with Crippen LogP contribution in [-0.4, -0.2) is 34.0 Å². The van der Waals surface area contributed by atoms with Crippen molar-refractivity contribution >= 4 is 17.7 Å². The number of carboxylic acid groups (broad SMARTS) is 1. The molecule has 2 N–H and O–H groups in total. The van der Waals surface area contributed by atoms with Crippen LogP contribution in [0.4, 0.5) is 10.5 Å². The Morgan fingerprint density at radius 3 is 2.81 bits per heavy atom. The van der Waals surface area contributed by atoms with Crippen LogP contribution in [-0.2, 0) is 4.74 Å². The number of carbonyl (C=O) groups excluding carboxylic acids is 1. The number of anilines is 1. The highest BCUT2D eigenvalue weighted by molar-refractivity contribution is 5.98. The minimum atomic E-state index is -1.21. The summed E-state index contributed by atoms with van der Waals surface area (Å²) in [6.07, 6.45) is 2.77. The molecular formula is C9H9N3O4. The number of carbonyl (C=O) groups is 2. The van der Waals surface area contributed by atoms with Crippen molar-refractivity contribution in [3.63, 3.8) is 0 Å². The van der Waals surface area contributed by atoms with E-state index in [-0.39, 0.29) is 17.9 Å². The molecule has 1 amide bonds. The Kier molecular flexibility index (Phi) is 3.96. The average Bonchev–Trinajstić information content (AvgIpc) is 2.27. The van der Waals surface area contributed by atoms with Crippen molar-refractivity contribution in [1.82, 2.24) is 10.2 Å². The number of aromatic carboxylic acids is 1. The second-order valence-electron chi connectivity index (χ2n) is 2.63. The summed E-state index contributed by atoms with van der Waals surface area (Å²) in [5, 5.41) is 17.9. The van der Waals surface area contributed by atoms with Gasteiger partial charge in [0.05, 0.1) is 18.1 Å². The molecule has 1 aromatic heterocycles. The van der Waals surface area contributed by atoms with Crippen molar-refractivity contribution in [1.29, 1.82) is 0 Å². The van der Waals surface area contributed by atoms with Crippen LogP contribution in [0, 0.1) is 0 Å². The largest absolute Gasteiger partial charge is 0.478 e. The van der Waals surface area contributed by atoms with Crippen molar-refractivity contribution in [3.8, 4) is 0 Å². The molecule has 84 valence electrons. The molecule has 16 heavy (non-hydrogen) atoms. The van der Waals surface area contributed by atoms with Gasteiger partial charge < -0.3 is 9.84 Å². The maximum atomic E-state index is 11.1. The highest BCUT2D eigenvalue weighted by Crippen LogP contribution is 2.12. The number of nitrogens with zero attached hydrogens (tertiary/aromatic N) is 2. The monoisotopic (exact) mass is 223 g/mol. The third-order valence-electron chi connectivity index (χ3n) is 1.53. The van der Waals surface area contributed by atoms with Crippen LogP contribution in [0.1, 0.15) is 10.4 Å². The number of aromatic nitrogens is 2. The lowest BCUT2D eigenvalue weighted by Gasteiger charge is -2.06. The van der Waals surface area contributed by atoms with Crippen molar-refractivity contribution in [3.05, 3.63) is 30.6 Å². The van der Waals surface area contributed by atoms with E-state index in [1.807, 2.05) is 0 Å². The summed E-state index contributed by atoms with van der Waals surface area (Å²) in [4.78, 5) is 21.9. The predicted molar refractivity (Wildman–Crippen MR) is 54.2 cm³/mol. The summed E-state index contributed by atoms with van der Waals surface area (Å²) >= 11 is 0. The van der Waals surface area contributed by atoms with Gasteiger partial charge in [-0.1, -0.05) is 12.7 Å². The molecule has 7 heteroatoms. The SMILES string of the molecule is C=CCOC(=O)Nc1cnncc1C(=O)O. The summed E-state index contributed by atoms with van der Waals surface area (Å²) in [5.74, 6) is -1.21. The van der Waals surface area contributed by atoms with Gasteiger partial charge in [0, 0.05) is 0 Å². The summed E-state index contributed by atoms with van der Waals surface area (Å²) in [6, 6.07) is 0. The van der Waals surface area contributed by atoms with E-state index in [4.69, 9.17) is 5.11 Å². The van der Waals surface area contributed by atoms with Crippen molar-refractivity contribution in [2.75, 3.05) is 11.9 Å². The second-order valence-corrected chi connectivity index (χ2v) is 2.63. The molecular weight excluding hydrogens is 214 g/mol. The minimum Gasteiger partial charge on any atom is -0.478 e. The van der Waals surface area contributed by atoms with Gasteiger partial charge in [-0.2, -0.15) is 10.2 Å². The Hall–Kier alpha value is -2.44. The Morgan fingerprint density at radius 1 is 1.50 bits per heavy atom. The quantitative estimate of drug-likeness (QED) is 0.735. The summed E-state index contributed by atoms with van der Waals surface area (Å²) in [6.45, 7) is 3.40. The molecule has 7 nitrogen and oxygen atoms in total. The summed E-state index contributed by atoms with van der Waals surface area (Å²) < 4.78 is 4.62. The highest BCUT2D eigenvalue weighted by atomic mass is 16.5. The number of nitrogens with one attached hydrogen (secondary N) is 1. The van der Waals surface area contributed by atoms with Crippen LogP contribution in [0.15, 0.2) is 25.0 Å². The third kappa shape index (κ3) is 3.05. The summed E-state index contributed by atoms with van der Waals surface area (Å²) in [7, 11) is 0. The van der Waals surface area contributed by atoms with E-state index in [2.05, 4.69) is 26.8 Å². The number of rotatable bonds is 4. The molecule has 0 aliphatic heterocycles. The van der Waals surface area contributed by atoms with E-state index >= 15 is 0 Å². The Balaban J connectivity index is 2.76. The molecule has 1 rings (SSSR count). The molecule has 0 aliphatic rings. The molecule has 1 heterocycles. The van der Waals surface area contributed by atoms with Gasteiger partial charge >= 0.3 is 12.1 Å². The van der Waals surface area contributed by atoms with Crippen molar-refractivity contribution < 1.29 is 19.4 Å². The van der Waals surface area contributed by atoms with Gasteiger partial charge in [0.2, 0.25) is 0 Å². The Labute approximate surface area is 90.8 Å². The van der Waals surface area contributed by atoms with Gasteiger partial charge in [-0.3, -0.25) is 5.32 Å². The first-order valence-corrected chi connectivity index (χ1v) is 4.23. The zero-order chi connectivity index (χ0) is 12.0. The third-order valence-corrected chi connectivity index (χ3v) is 1.53. The van der Waals surface area contributed by atoms with Gasteiger partial charge in [0.25, 0.3) is 0 Å². The average molecular weight is 223 g/mol. The smallest absolute Gasteiger partial charge is 0.412 e. The molecule has 0 saturated carbocycles. The van der Waals surface area contributed by atoms with Crippen LogP contribution >= 0.6 is 0 Å². The highest BCUT2D eigenvalue weighted by Gasteiger charge is 2.13. The van der Waals surface area contributed by atoms with Crippen molar-refractivity contribution in [2.24, 2.45) is 0 Å². The first-order chi connectivity index (χ1) is 7.65. The van der Waals surface area contributed by atoms with Crippen molar-refractivity contribution in [2.45, 2.75) is 0 Å². The Bertz CT molecular complexity index is 419. The van der Waals surface area contributed by atoms with Crippen LogP contribution in [0.25, 0.3) is 0 Å². The standard InChI is InChI=1S/C9H9N3O4/c1-2-3-16-9(15)12-7-5-11-10-4-6(7)8(13)14/h2,4-5H,1,3H2,(H,13,14)(H,10,12,15). The number of ether oxygens (including phenoxy) is 1. The fourth-order valence-corrected chi connectivity index (χ4v) is 0.872. The lowest BCUT2D eigenvalue weighted by molar-refractivity contribution is 0.0697. The number of hydrogen-bond acceptors (Lipinski definition) is 5. The predicted octanol–water partition coefficient (Wildman–Crippen LogP) is 0.909. The topological polar surface area (TPSA) is 101 Å². The first kappa shape index (κ1) is 11.6. The van der Waals surface area contributed by atoms with Gasteiger partial charge in [-0.25, -0.2) is 9.59 Å². The number of carboxylic acids is 1. The van der Waals surface area contributed by atoms with Crippen LogP contribution in [0.2, 0.25) is 0 Å². The lowest BCUT2D eigenvalue weighted by Crippen LogP contribution is -2.16. The van der Waals surface area contributed by atoms with E-state index in [9.17, 15) is 9.59 Å². The molecule has 0 aliphatic carbocycles. The minimum absolute atomic E-state index is 0.0246. The zero-order valence-electron chi connectivity index (χ0n) is 8.21. The van der Waals surface area contributed by atoms with E-state index < -0.39 is 12.1 Å². The van der Waals surface area contributed by atoms with Gasteiger partial charge in [0.15, 0.2) is 0 Å². The molecule has 1 aromatic rings. The fraction of sp³-hybridized carbons (Fsp3) is 0.111. The van der Waals surface area contributed by atoms with E-state index in [1.165, 1.54) is 6.08 Å². The normalized spacial score (nSPS) is 9.25. The maximum Gasteiger partial charge on any atom is 0.412 e. The maximum absolute atomic E-state index is 11.1. The molecule has 0 saturated heterocycles. The van der Waals surface area contributed by atoms with E-state index in [0.717, 1.165) is 12.4 Å². The second kappa shape index (κ2) is 5.44. The van der Waals surface area contributed by atoms with Gasteiger partial charge in [-0.05, 0) is 0 Å². The zero-order valence-corrected chi connectivity index (χ0v) is 8.21. The molecule has 0 atom stereocenters. The van der Waals surface area contributed by atoms with Gasteiger partial charge in [-0.15, -0.1) is 0 Å². The molecule has 0 fully saturated rings. The summed E-state index contributed by atoms with van der Waals surface area (Å²) in [5.41, 5.74) is -0.137. The number of hydrogen-bond donors (Lipinski definition) is 2. The van der Waals surface area contributed by atoms with Crippen LogP contribution in [0.3, 0.4) is 0 Å². The molecule has 0 unspecified atom stereocenters. The number of amides is 1. The van der Waals surface area contributed by atoms with Crippen LogP contribution in [0.5, 0.6) is 0 Å². The lowest BCUT2D eigenvalue weighted by atomic mass is 10.2.